The Hall–Kier alpha value is -2.57. The number of rotatable bonds is 6. The van der Waals surface area contributed by atoms with Crippen LogP contribution in [0.3, 0.4) is 0 Å². The van der Waals surface area contributed by atoms with Gasteiger partial charge in [-0.25, -0.2) is 4.79 Å². The molecule has 1 saturated carbocycles. The molecule has 1 aliphatic rings. The number of nitrogens with zero attached hydrogens (tertiary/aromatic N) is 1. The summed E-state index contributed by atoms with van der Waals surface area (Å²) in [6.45, 7) is 14.8. The molecule has 3 amide bonds. The minimum absolute atomic E-state index is 0.118. The maximum atomic E-state index is 13.7. The molecule has 2 rings (SSSR count). The highest BCUT2D eigenvalue weighted by Gasteiger charge is 2.39. The summed E-state index contributed by atoms with van der Waals surface area (Å²) in [6.07, 6.45) is 4.63. The molecule has 1 atom stereocenters. The van der Waals surface area contributed by atoms with E-state index in [0.29, 0.717) is 0 Å². The van der Waals surface area contributed by atoms with Crippen LogP contribution in [0.5, 0.6) is 0 Å². The number of amides is 3. The number of carbonyl (C=O) groups is 3. The second kappa shape index (κ2) is 11.2. The molecule has 1 fully saturated rings. The van der Waals surface area contributed by atoms with Crippen LogP contribution in [0, 0.1) is 13.8 Å². The molecule has 7 nitrogen and oxygen atoms in total. The molecule has 0 aromatic heterocycles. The van der Waals surface area contributed by atoms with Crippen LogP contribution in [-0.4, -0.2) is 46.5 Å². The predicted molar refractivity (Wildman–Crippen MR) is 135 cm³/mol. The molecule has 0 radical (unpaired) electrons. The van der Waals surface area contributed by atoms with Crippen molar-refractivity contribution in [3.63, 3.8) is 0 Å². The van der Waals surface area contributed by atoms with Gasteiger partial charge in [-0.3, -0.25) is 9.59 Å². The van der Waals surface area contributed by atoms with E-state index in [1.807, 2.05) is 52.8 Å². The summed E-state index contributed by atoms with van der Waals surface area (Å²) in [7, 11) is 0. The van der Waals surface area contributed by atoms with Crippen molar-refractivity contribution in [2.45, 2.75) is 111 Å². The molecule has 7 heteroatoms. The summed E-state index contributed by atoms with van der Waals surface area (Å²) >= 11 is 0. The fourth-order valence-corrected chi connectivity index (χ4v) is 4.33. The zero-order chi connectivity index (χ0) is 25.7. The van der Waals surface area contributed by atoms with Gasteiger partial charge in [0.25, 0.3) is 0 Å². The van der Waals surface area contributed by atoms with E-state index < -0.39 is 23.3 Å². The average Bonchev–Trinajstić information content (AvgIpc) is 2.71. The molecule has 1 aromatic rings. The second-order valence-electron chi connectivity index (χ2n) is 11.4. The Kier molecular flexibility index (Phi) is 9.15. The van der Waals surface area contributed by atoms with Crippen molar-refractivity contribution >= 4 is 17.9 Å². The van der Waals surface area contributed by atoms with E-state index in [-0.39, 0.29) is 24.4 Å². The van der Waals surface area contributed by atoms with Gasteiger partial charge in [0.15, 0.2) is 0 Å². The molecule has 1 unspecified atom stereocenters. The van der Waals surface area contributed by atoms with Crippen molar-refractivity contribution in [3.8, 4) is 0 Å². The van der Waals surface area contributed by atoms with Crippen LogP contribution in [0.4, 0.5) is 4.79 Å². The van der Waals surface area contributed by atoms with Crippen molar-refractivity contribution in [1.82, 2.24) is 15.5 Å². The van der Waals surface area contributed by atoms with E-state index in [2.05, 4.69) is 10.6 Å². The molecule has 0 saturated heterocycles. The van der Waals surface area contributed by atoms with Crippen LogP contribution < -0.4 is 10.6 Å². The lowest BCUT2D eigenvalue weighted by Crippen LogP contribution is -2.56. The van der Waals surface area contributed by atoms with Crippen molar-refractivity contribution in [1.29, 1.82) is 0 Å². The van der Waals surface area contributed by atoms with Gasteiger partial charge in [-0.1, -0.05) is 37.5 Å². The predicted octanol–water partition coefficient (Wildman–Crippen LogP) is 4.95. The number of hydrogen-bond acceptors (Lipinski definition) is 4. The Labute approximate surface area is 205 Å². The smallest absolute Gasteiger partial charge is 0.408 e. The molecule has 2 N–H and O–H groups in total. The molecule has 0 heterocycles. The van der Waals surface area contributed by atoms with Crippen LogP contribution in [-0.2, 0) is 14.3 Å². The van der Waals surface area contributed by atoms with Crippen molar-refractivity contribution in [2.24, 2.45) is 0 Å². The first-order valence-corrected chi connectivity index (χ1v) is 12.4. The maximum absolute atomic E-state index is 13.7. The molecular weight excluding hydrogens is 430 g/mol. The molecular formula is C27H43N3O4. The number of hydrogen-bond donors (Lipinski definition) is 2. The maximum Gasteiger partial charge on any atom is 0.408 e. The summed E-state index contributed by atoms with van der Waals surface area (Å²) in [6, 6.07) is 5.19. The SMILES string of the molecule is Cc1ccc(C(C(=O)NC2CCCCC2)N(C(=O)CNC(=O)OC(C)(C)C)C(C)(C)C)cc1C. The third-order valence-electron chi connectivity index (χ3n) is 6.08. The first-order valence-electron chi connectivity index (χ1n) is 12.4. The van der Waals surface area contributed by atoms with Crippen LogP contribution >= 0.6 is 0 Å². The van der Waals surface area contributed by atoms with E-state index in [0.717, 1.165) is 42.4 Å². The standard InChI is InChI=1S/C27H43N3O4/c1-18-14-15-20(16-19(18)2)23(24(32)29-21-12-10-9-11-13-21)30(26(3,4)5)22(31)17-28-25(33)34-27(6,7)8/h14-16,21,23H,9-13,17H2,1-8H3,(H,28,33)(H,29,32). The number of nitrogens with one attached hydrogen (secondary N) is 2. The second-order valence-corrected chi connectivity index (χ2v) is 11.4. The Morgan fingerprint density at radius 2 is 1.62 bits per heavy atom. The van der Waals surface area contributed by atoms with Crippen LogP contribution in [0.25, 0.3) is 0 Å². The van der Waals surface area contributed by atoms with Crippen molar-refractivity contribution in [3.05, 3.63) is 34.9 Å². The highest BCUT2D eigenvalue weighted by molar-refractivity contribution is 5.91. The summed E-state index contributed by atoms with van der Waals surface area (Å²) in [5.41, 5.74) is 1.60. The summed E-state index contributed by atoms with van der Waals surface area (Å²) < 4.78 is 5.28. The summed E-state index contributed by atoms with van der Waals surface area (Å²) in [5.74, 6) is -0.531. The molecule has 0 aliphatic heterocycles. The van der Waals surface area contributed by atoms with Crippen LogP contribution in [0.1, 0.15) is 96.4 Å². The van der Waals surface area contributed by atoms with Gasteiger partial charge in [-0.2, -0.15) is 0 Å². The average molecular weight is 474 g/mol. The van der Waals surface area contributed by atoms with E-state index in [1.165, 1.54) is 6.42 Å². The van der Waals surface area contributed by atoms with Crippen molar-refractivity contribution in [2.75, 3.05) is 6.54 Å². The Morgan fingerprint density at radius 1 is 1.00 bits per heavy atom. The highest BCUT2D eigenvalue weighted by atomic mass is 16.6. The largest absolute Gasteiger partial charge is 0.444 e. The lowest BCUT2D eigenvalue weighted by atomic mass is 9.92. The van der Waals surface area contributed by atoms with Gasteiger partial charge in [0.2, 0.25) is 11.8 Å². The molecule has 190 valence electrons. The van der Waals surface area contributed by atoms with E-state index in [9.17, 15) is 14.4 Å². The van der Waals surface area contributed by atoms with Gasteiger partial charge in [0, 0.05) is 11.6 Å². The van der Waals surface area contributed by atoms with Gasteiger partial charge in [0.05, 0.1) is 0 Å². The Morgan fingerprint density at radius 3 is 2.15 bits per heavy atom. The number of carbonyl (C=O) groups excluding carboxylic acids is 3. The Balaban J connectivity index is 2.36. The molecule has 0 spiro atoms. The number of aryl methyl sites for hydroxylation is 2. The topological polar surface area (TPSA) is 87.7 Å². The summed E-state index contributed by atoms with van der Waals surface area (Å²) in [4.78, 5) is 41.0. The van der Waals surface area contributed by atoms with Crippen LogP contribution in [0.2, 0.25) is 0 Å². The van der Waals surface area contributed by atoms with Gasteiger partial charge >= 0.3 is 6.09 Å². The third-order valence-corrected chi connectivity index (χ3v) is 6.08. The minimum atomic E-state index is -0.811. The van der Waals surface area contributed by atoms with E-state index >= 15 is 0 Å². The first kappa shape index (κ1) is 27.7. The third kappa shape index (κ3) is 8.03. The highest BCUT2D eigenvalue weighted by Crippen LogP contribution is 2.31. The fraction of sp³-hybridized carbons (Fsp3) is 0.667. The lowest BCUT2D eigenvalue weighted by Gasteiger charge is -2.42. The first-order chi connectivity index (χ1) is 15.7. The quantitative estimate of drug-likeness (QED) is 0.612. The molecule has 0 bridgehead atoms. The van der Waals surface area contributed by atoms with Crippen molar-refractivity contribution < 1.29 is 19.1 Å². The van der Waals surface area contributed by atoms with E-state index in [1.54, 1.807) is 25.7 Å². The van der Waals surface area contributed by atoms with Gasteiger partial charge in [-0.15, -0.1) is 0 Å². The van der Waals surface area contributed by atoms with Gasteiger partial charge in [-0.05, 0) is 84.9 Å². The molecule has 34 heavy (non-hydrogen) atoms. The monoisotopic (exact) mass is 473 g/mol. The normalized spacial score (nSPS) is 15.9. The minimum Gasteiger partial charge on any atom is -0.444 e. The molecule has 1 aromatic carbocycles. The number of benzene rings is 1. The van der Waals surface area contributed by atoms with Gasteiger partial charge < -0.3 is 20.3 Å². The zero-order valence-corrected chi connectivity index (χ0v) is 22.2. The van der Waals surface area contributed by atoms with E-state index in [4.69, 9.17) is 4.74 Å². The number of alkyl carbamates (subject to hydrolysis) is 1. The number of ether oxygens (including phenoxy) is 1. The van der Waals surface area contributed by atoms with Gasteiger partial charge in [0.1, 0.15) is 18.2 Å². The summed E-state index contributed by atoms with van der Waals surface area (Å²) in [5, 5.41) is 5.76. The lowest BCUT2D eigenvalue weighted by molar-refractivity contribution is -0.146. The fourth-order valence-electron chi connectivity index (χ4n) is 4.33. The van der Waals surface area contributed by atoms with Crippen LogP contribution in [0.15, 0.2) is 18.2 Å². The zero-order valence-electron chi connectivity index (χ0n) is 22.2. The molecule has 1 aliphatic carbocycles. The Bertz CT molecular complexity index is 877.